The molecule has 0 aliphatic carbocycles. The number of carbonyl (C=O) groups excluding carboxylic acids is 3. The number of nitrogens with zero attached hydrogens (tertiary/aromatic N) is 2. The van der Waals surface area contributed by atoms with Gasteiger partial charge in [0.25, 0.3) is 5.91 Å². The molecule has 156 valence electrons. The lowest BCUT2D eigenvalue weighted by atomic mass is 10.2. The van der Waals surface area contributed by atoms with Gasteiger partial charge in [-0.25, -0.2) is 9.69 Å². The Kier molecular flexibility index (Phi) is 6.36. The number of rotatable bonds is 7. The van der Waals surface area contributed by atoms with Crippen LogP contribution in [0, 0.1) is 0 Å². The highest BCUT2D eigenvalue weighted by atomic mass is 16.5. The molecule has 8 heteroatoms. The number of nitrogens with one attached hydrogen (secondary N) is 1. The number of urea groups is 1. The molecule has 0 unspecified atom stereocenters. The molecule has 2 aromatic carbocycles. The third-order valence-corrected chi connectivity index (χ3v) is 4.76. The number of hydrogen-bond donors (Lipinski definition) is 1. The molecule has 2 aromatic rings. The van der Waals surface area contributed by atoms with Crippen molar-refractivity contribution in [2.45, 2.75) is 12.5 Å². The number of carbonyl (C=O) groups is 3. The fourth-order valence-corrected chi connectivity index (χ4v) is 3.22. The van der Waals surface area contributed by atoms with E-state index in [1.165, 1.54) is 18.1 Å². The Morgan fingerprint density at radius 3 is 2.20 bits per heavy atom. The SMILES string of the molecule is C=CCN(C(=O)Nc1ccc(OC)cc1)[C@@H]1CC(=O)N(c2ccc(OC)cc2)C1=O. The molecule has 1 fully saturated rings. The second kappa shape index (κ2) is 9.13. The highest BCUT2D eigenvalue weighted by molar-refractivity contribution is 6.23. The van der Waals surface area contributed by atoms with Gasteiger partial charge in [-0.2, -0.15) is 0 Å². The highest BCUT2D eigenvalue weighted by Crippen LogP contribution is 2.28. The largest absolute Gasteiger partial charge is 0.497 e. The summed E-state index contributed by atoms with van der Waals surface area (Å²) in [7, 11) is 3.09. The number of anilines is 2. The zero-order chi connectivity index (χ0) is 21.7. The third kappa shape index (κ3) is 4.27. The smallest absolute Gasteiger partial charge is 0.322 e. The Morgan fingerprint density at radius 1 is 1.10 bits per heavy atom. The molecule has 3 rings (SSSR count). The van der Waals surface area contributed by atoms with E-state index in [0.29, 0.717) is 22.9 Å². The number of benzene rings is 2. The average molecular weight is 409 g/mol. The zero-order valence-electron chi connectivity index (χ0n) is 16.8. The maximum absolute atomic E-state index is 13.0. The van der Waals surface area contributed by atoms with Crippen LogP contribution in [0.5, 0.6) is 11.5 Å². The Morgan fingerprint density at radius 2 is 1.67 bits per heavy atom. The van der Waals surface area contributed by atoms with Gasteiger partial charge in [0.1, 0.15) is 17.5 Å². The van der Waals surface area contributed by atoms with Gasteiger partial charge in [0.05, 0.1) is 26.3 Å². The quantitative estimate of drug-likeness (QED) is 0.561. The van der Waals surface area contributed by atoms with Gasteiger partial charge in [-0.15, -0.1) is 6.58 Å². The lowest BCUT2D eigenvalue weighted by Crippen LogP contribution is -2.47. The molecule has 8 nitrogen and oxygen atoms in total. The molecule has 0 radical (unpaired) electrons. The predicted molar refractivity (Wildman–Crippen MR) is 113 cm³/mol. The van der Waals surface area contributed by atoms with Crippen molar-refractivity contribution in [3.8, 4) is 11.5 Å². The molecule has 4 amide bonds. The molecule has 1 atom stereocenters. The summed E-state index contributed by atoms with van der Waals surface area (Å²) < 4.78 is 10.2. The predicted octanol–water partition coefficient (Wildman–Crippen LogP) is 3.06. The first-order valence-electron chi connectivity index (χ1n) is 9.32. The molecule has 1 N–H and O–H groups in total. The standard InChI is InChI=1S/C22H23N3O5/c1-4-13-24(22(28)23-15-5-9-17(29-2)10-6-15)19-14-20(26)25(21(19)27)16-7-11-18(30-3)12-8-16/h4-12,19H,1,13-14H2,2-3H3,(H,23,28)/t19-/m1/s1. The zero-order valence-corrected chi connectivity index (χ0v) is 16.8. The topological polar surface area (TPSA) is 88.2 Å². The van der Waals surface area contributed by atoms with Gasteiger partial charge in [-0.05, 0) is 48.5 Å². The molecular formula is C22H23N3O5. The van der Waals surface area contributed by atoms with Crippen LogP contribution in [0.15, 0.2) is 61.2 Å². The molecule has 0 spiro atoms. The maximum atomic E-state index is 13.0. The molecule has 0 saturated carbocycles. The Balaban J connectivity index is 1.79. The van der Waals surface area contributed by atoms with E-state index in [1.54, 1.807) is 55.6 Å². The summed E-state index contributed by atoms with van der Waals surface area (Å²) in [5, 5.41) is 2.75. The first-order valence-corrected chi connectivity index (χ1v) is 9.32. The molecule has 1 saturated heterocycles. The van der Waals surface area contributed by atoms with E-state index < -0.39 is 18.0 Å². The summed E-state index contributed by atoms with van der Waals surface area (Å²) in [5.74, 6) is 0.433. The first kappa shape index (κ1) is 20.9. The lowest BCUT2D eigenvalue weighted by Gasteiger charge is -2.26. The Hall–Kier alpha value is -3.81. The van der Waals surface area contributed by atoms with Crippen molar-refractivity contribution < 1.29 is 23.9 Å². The van der Waals surface area contributed by atoms with Crippen molar-refractivity contribution in [1.29, 1.82) is 0 Å². The van der Waals surface area contributed by atoms with Crippen molar-refractivity contribution in [1.82, 2.24) is 4.90 Å². The average Bonchev–Trinajstić information content (AvgIpc) is 3.06. The van der Waals surface area contributed by atoms with Crippen LogP contribution in [0.2, 0.25) is 0 Å². The molecule has 1 heterocycles. The molecule has 1 aliphatic rings. The van der Waals surface area contributed by atoms with Crippen LogP contribution >= 0.6 is 0 Å². The van der Waals surface area contributed by atoms with Crippen LogP contribution in [0.3, 0.4) is 0 Å². The van der Waals surface area contributed by atoms with Gasteiger partial charge in [-0.3, -0.25) is 9.59 Å². The van der Waals surface area contributed by atoms with E-state index in [2.05, 4.69) is 11.9 Å². The fraction of sp³-hybridized carbons (Fsp3) is 0.227. The van der Waals surface area contributed by atoms with Crippen LogP contribution in [-0.2, 0) is 9.59 Å². The summed E-state index contributed by atoms with van der Waals surface area (Å²) in [6.45, 7) is 3.78. The number of amides is 4. The molecule has 0 bridgehead atoms. The Bertz CT molecular complexity index is 940. The van der Waals surface area contributed by atoms with Crippen LogP contribution in [-0.4, -0.2) is 49.6 Å². The normalized spacial score (nSPS) is 15.7. The van der Waals surface area contributed by atoms with E-state index in [1.807, 2.05) is 0 Å². The van der Waals surface area contributed by atoms with Gasteiger partial charge < -0.3 is 19.7 Å². The second-order valence-electron chi connectivity index (χ2n) is 6.59. The van der Waals surface area contributed by atoms with E-state index in [0.717, 1.165) is 4.90 Å². The summed E-state index contributed by atoms with van der Waals surface area (Å²) in [5.41, 5.74) is 0.973. The van der Waals surface area contributed by atoms with E-state index >= 15 is 0 Å². The fourth-order valence-electron chi connectivity index (χ4n) is 3.22. The molecular weight excluding hydrogens is 386 g/mol. The van der Waals surface area contributed by atoms with Crippen LogP contribution in [0.4, 0.5) is 16.2 Å². The Labute approximate surface area is 174 Å². The van der Waals surface area contributed by atoms with Gasteiger partial charge in [0.15, 0.2) is 0 Å². The van der Waals surface area contributed by atoms with Crippen molar-refractivity contribution in [2.24, 2.45) is 0 Å². The number of imide groups is 1. The number of ether oxygens (including phenoxy) is 2. The highest BCUT2D eigenvalue weighted by Gasteiger charge is 2.44. The minimum atomic E-state index is -0.921. The second-order valence-corrected chi connectivity index (χ2v) is 6.59. The summed E-state index contributed by atoms with van der Waals surface area (Å²) in [4.78, 5) is 40.9. The lowest BCUT2D eigenvalue weighted by molar-refractivity contribution is -0.122. The summed E-state index contributed by atoms with van der Waals surface area (Å²) >= 11 is 0. The number of methoxy groups -OCH3 is 2. The molecule has 30 heavy (non-hydrogen) atoms. The first-order chi connectivity index (χ1) is 14.5. The third-order valence-electron chi connectivity index (χ3n) is 4.76. The van der Waals surface area contributed by atoms with Gasteiger partial charge in [0, 0.05) is 12.2 Å². The summed E-state index contributed by atoms with van der Waals surface area (Å²) in [6.07, 6.45) is 1.41. The van der Waals surface area contributed by atoms with Crippen LogP contribution in [0.25, 0.3) is 0 Å². The van der Waals surface area contributed by atoms with Crippen molar-refractivity contribution in [3.05, 3.63) is 61.2 Å². The van der Waals surface area contributed by atoms with Crippen molar-refractivity contribution >= 4 is 29.2 Å². The van der Waals surface area contributed by atoms with Crippen molar-refractivity contribution in [2.75, 3.05) is 31.0 Å². The van der Waals surface area contributed by atoms with Crippen molar-refractivity contribution in [3.63, 3.8) is 0 Å². The van der Waals surface area contributed by atoms with Crippen LogP contribution < -0.4 is 19.7 Å². The van der Waals surface area contributed by atoms with Gasteiger partial charge in [0.2, 0.25) is 5.91 Å². The molecule has 1 aliphatic heterocycles. The minimum Gasteiger partial charge on any atom is -0.497 e. The van der Waals surface area contributed by atoms with E-state index in [-0.39, 0.29) is 18.9 Å². The monoisotopic (exact) mass is 409 g/mol. The summed E-state index contributed by atoms with van der Waals surface area (Å²) in [6, 6.07) is 12.0. The van der Waals surface area contributed by atoms with Crippen LogP contribution in [0.1, 0.15) is 6.42 Å². The maximum Gasteiger partial charge on any atom is 0.322 e. The molecule has 0 aromatic heterocycles. The number of hydrogen-bond acceptors (Lipinski definition) is 5. The van der Waals surface area contributed by atoms with E-state index in [9.17, 15) is 14.4 Å². The van der Waals surface area contributed by atoms with E-state index in [4.69, 9.17) is 9.47 Å². The van der Waals surface area contributed by atoms with Gasteiger partial charge in [-0.1, -0.05) is 6.08 Å². The van der Waals surface area contributed by atoms with Gasteiger partial charge >= 0.3 is 6.03 Å². The minimum absolute atomic E-state index is 0.102.